The molecule has 4 nitrogen and oxygen atoms in total. The van der Waals surface area contributed by atoms with Gasteiger partial charge in [-0.1, -0.05) is 0 Å². The number of hydrogen-bond donors (Lipinski definition) is 0. The maximum atomic E-state index is 11.9. The molecule has 19 heavy (non-hydrogen) atoms. The first-order chi connectivity index (χ1) is 8.86. The zero-order chi connectivity index (χ0) is 14.6. The van der Waals surface area contributed by atoms with Crippen LogP contribution >= 0.6 is 0 Å². The second-order valence-corrected chi connectivity index (χ2v) is 4.65. The van der Waals surface area contributed by atoms with Gasteiger partial charge in [0.25, 0.3) is 5.78 Å². The monoisotopic (exact) mass is 264 g/mol. The van der Waals surface area contributed by atoms with E-state index in [-0.39, 0.29) is 12.7 Å². The molecule has 104 valence electrons. The van der Waals surface area contributed by atoms with Crippen LogP contribution in [0.25, 0.3) is 0 Å². The van der Waals surface area contributed by atoms with Crippen LogP contribution in [0, 0.1) is 13.8 Å². The molecule has 0 aliphatic carbocycles. The SMILES string of the molecule is CCOC(=O)C(=O)c1cc(C)c(OC(C)C)cc1C. The van der Waals surface area contributed by atoms with Crippen molar-refractivity contribution in [1.29, 1.82) is 0 Å². The van der Waals surface area contributed by atoms with Gasteiger partial charge in [-0.25, -0.2) is 4.79 Å². The summed E-state index contributed by atoms with van der Waals surface area (Å²) in [5, 5.41) is 0. The minimum atomic E-state index is -0.817. The Kier molecular flexibility index (Phi) is 5.10. The van der Waals surface area contributed by atoms with E-state index in [0.29, 0.717) is 11.1 Å². The number of Topliss-reactive ketones (excluding diaryl/α,β-unsaturated/α-hetero) is 1. The highest BCUT2D eigenvalue weighted by molar-refractivity contribution is 6.41. The van der Waals surface area contributed by atoms with E-state index >= 15 is 0 Å². The van der Waals surface area contributed by atoms with Crippen molar-refractivity contribution in [3.63, 3.8) is 0 Å². The lowest BCUT2D eigenvalue weighted by molar-refractivity contribution is -0.137. The number of esters is 1. The summed E-state index contributed by atoms with van der Waals surface area (Å²) in [5.41, 5.74) is 1.90. The molecule has 0 heterocycles. The second kappa shape index (κ2) is 6.36. The summed E-state index contributed by atoms with van der Waals surface area (Å²) >= 11 is 0. The Labute approximate surface area is 113 Å². The summed E-state index contributed by atoms with van der Waals surface area (Å²) in [4.78, 5) is 23.4. The van der Waals surface area contributed by atoms with Gasteiger partial charge in [-0.05, 0) is 57.9 Å². The molecule has 0 unspecified atom stereocenters. The molecule has 0 bridgehead atoms. The smallest absolute Gasteiger partial charge is 0.379 e. The fraction of sp³-hybridized carbons (Fsp3) is 0.467. The molecular weight excluding hydrogens is 244 g/mol. The van der Waals surface area contributed by atoms with E-state index in [1.54, 1.807) is 26.0 Å². The first kappa shape index (κ1) is 15.2. The van der Waals surface area contributed by atoms with Crippen molar-refractivity contribution >= 4 is 11.8 Å². The number of rotatable bonds is 5. The Hall–Kier alpha value is -1.84. The lowest BCUT2D eigenvalue weighted by atomic mass is 10.0. The van der Waals surface area contributed by atoms with Crippen molar-refractivity contribution in [3.8, 4) is 5.75 Å². The third kappa shape index (κ3) is 3.81. The lowest BCUT2D eigenvalue weighted by Gasteiger charge is -2.15. The Balaban J connectivity index is 3.08. The number of ether oxygens (including phenoxy) is 2. The van der Waals surface area contributed by atoms with Crippen LogP contribution in [0.4, 0.5) is 0 Å². The zero-order valence-corrected chi connectivity index (χ0v) is 12.1. The van der Waals surface area contributed by atoms with Crippen LogP contribution in [0.15, 0.2) is 12.1 Å². The predicted molar refractivity (Wildman–Crippen MR) is 72.6 cm³/mol. The number of hydrogen-bond acceptors (Lipinski definition) is 4. The van der Waals surface area contributed by atoms with Gasteiger partial charge in [-0.3, -0.25) is 4.79 Å². The van der Waals surface area contributed by atoms with E-state index in [0.717, 1.165) is 11.3 Å². The minimum absolute atomic E-state index is 0.0599. The Morgan fingerprint density at radius 2 is 1.79 bits per heavy atom. The normalized spacial score (nSPS) is 10.4. The van der Waals surface area contributed by atoms with Crippen LogP contribution in [0.5, 0.6) is 5.75 Å². The van der Waals surface area contributed by atoms with Crippen LogP contribution in [0.3, 0.4) is 0 Å². The summed E-state index contributed by atoms with van der Waals surface area (Å²) < 4.78 is 10.4. The Morgan fingerprint density at radius 3 is 2.32 bits per heavy atom. The van der Waals surface area contributed by atoms with Crippen molar-refractivity contribution in [2.45, 2.75) is 40.7 Å². The molecule has 0 atom stereocenters. The van der Waals surface area contributed by atoms with Gasteiger partial charge in [-0.2, -0.15) is 0 Å². The summed E-state index contributed by atoms with van der Waals surface area (Å²) in [7, 11) is 0. The molecule has 0 aromatic heterocycles. The van der Waals surface area contributed by atoms with Gasteiger partial charge in [0.1, 0.15) is 5.75 Å². The average Bonchev–Trinajstić information content (AvgIpc) is 2.32. The third-order valence-corrected chi connectivity index (χ3v) is 2.59. The van der Waals surface area contributed by atoms with Crippen molar-refractivity contribution in [2.75, 3.05) is 6.61 Å². The molecule has 0 aliphatic rings. The van der Waals surface area contributed by atoms with Crippen molar-refractivity contribution < 1.29 is 19.1 Å². The second-order valence-electron chi connectivity index (χ2n) is 4.65. The first-order valence-corrected chi connectivity index (χ1v) is 6.36. The molecule has 0 saturated heterocycles. The summed E-state index contributed by atoms with van der Waals surface area (Å²) in [6.45, 7) is 9.36. The molecule has 0 aliphatic heterocycles. The summed E-state index contributed by atoms with van der Waals surface area (Å²) in [6.07, 6.45) is 0.0599. The van der Waals surface area contributed by atoms with Crippen molar-refractivity contribution in [3.05, 3.63) is 28.8 Å². The Morgan fingerprint density at radius 1 is 1.16 bits per heavy atom. The highest BCUT2D eigenvalue weighted by Crippen LogP contribution is 2.24. The molecule has 1 rings (SSSR count). The minimum Gasteiger partial charge on any atom is -0.491 e. The van der Waals surface area contributed by atoms with E-state index in [9.17, 15) is 9.59 Å². The molecular formula is C15H20O4. The fourth-order valence-electron chi connectivity index (χ4n) is 1.72. The van der Waals surface area contributed by atoms with Gasteiger partial charge in [0.2, 0.25) is 0 Å². The van der Waals surface area contributed by atoms with E-state index in [1.807, 2.05) is 20.8 Å². The van der Waals surface area contributed by atoms with E-state index < -0.39 is 11.8 Å². The first-order valence-electron chi connectivity index (χ1n) is 6.36. The quantitative estimate of drug-likeness (QED) is 0.466. The van der Waals surface area contributed by atoms with Crippen LogP contribution in [0.1, 0.15) is 42.3 Å². The number of ketones is 1. The fourth-order valence-corrected chi connectivity index (χ4v) is 1.72. The largest absolute Gasteiger partial charge is 0.491 e. The van der Waals surface area contributed by atoms with Gasteiger partial charge in [0, 0.05) is 5.56 Å². The highest BCUT2D eigenvalue weighted by Gasteiger charge is 2.21. The predicted octanol–water partition coefficient (Wildman–Crippen LogP) is 2.84. The summed E-state index contributed by atoms with van der Waals surface area (Å²) in [5.74, 6) is -0.700. The number of carbonyl (C=O) groups is 2. The molecule has 0 radical (unpaired) electrons. The molecule has 4 heteroatoms. The summed E-state index contributed by atoms with van der Waals surface area (Å²) in [6, 6.07) is 3.45. The van der Waals surface area contributed by atoms with Crippen LogP contribution < -0.4 is 4.74 Å². The van der Waals surface area contributed by atoms with Crippen molar-refractivity contribution in [2.24, 2.45) is 0 Å². The molecule has 1 aromatic rings. The maximum Gasteiger partial charge on any atom is 0.379 e. The van der Waals surface area contributed by atoms with Gasteiger partial charge in [0.15, 0.2) is 0 Å². The van der Waals surface area contributed by atoms with E-state index in [1.165, 1.54) is 0 Å². The topological polar surface area (TPSA) is 52.6 Å². The highest BCUT2D eigenvalue weighted by atomic mass is 16.5. The lowest BCUT2D eigenvalue weighted by Crippen LogP contribution is -2.19. The number of benzene rings is 1. The third-order valence-electron chi connectivity index (χ3n) is 2.59. The average molecular weight is 264 g/mol. The van der Waals surface area contributed by atoms with Gasteiger partial charge < -0.3 is 9.47 Å². The molecule has 0 amide bonds. The number of carbonyl (C=O) groups excluding carboxylic acids is 2. The Bertz CT molecular complexity index is 489. The number of aryl methyl sites for hydroxylation is 2. The van der Waals surface area contributed by atoms with Gasteiger partial charge in [0.05, 0.1) is 12.7 Å². The maximum absolute atomic E-state index is 11.9. The zero-order valence-electron chi connectivity index (χ0n) is 12.1. The van der Waals surface area contributed by atoms with Crippen LogP contribution in [0.2, 0.25) is 0 Å². The standard InChI is InChI=1S/C15H20O4/c1-6-18-15(17)14(16)12-7-11(5)13(8-10(12)4)19-9(2)3/h7-9H,6H2,1-5H3. The van der Waals surface area contributed by atoms with Gasteiger partial charge >= 0.3 is 5.97 Å². The van der Waals surface area contributed by atoms with E-state index in [2.05, 4.69) is 0 Å². The molecule has 0 saturated carbocycles. The van der Waals surface area contributed by atoms with Crippen LogP contribution in [-0.2, 0) is 9.53 Å². The van der Waals surface area contributed by atoms with Gasteiger partial charge in [-0.15, -0.1) is 0 Å². The van der Waals surface area contributed by atoms with Crippen molar-refractivity contribution in [1.82, 2.24) is 0 Å². The van der Waals surface area contributed by atoms with Crippen LogP contribution in [-0.4, -0.2) is 24.5 Å². The molecule has 1 aromatic carbocycles. The molecule has 0 N–H and O–H groups in total. The molecule has 0 spiro atoms. The van der Waals surface area contributed by atoms with E-state index in [4.69, 9.17) is 9.47 Å². The molecule has 0 fully saturated rings.